The molecule has 2 aliphatic rings. The molecule has 3 heterocycles. The minimum atomic E-state index is -1.76. The number of fused-ring (bicyclic) bond motifs is 6. The van der Waals surface area contributed by atoms with Crippen molar-refractivity contribution in [1.29, 1.82) is 0 Å². The maximum atomic E-state index is 6.46. The SMILES string of the molecule is CC1(C)OB(c2ccc3c(c2)c2cc(-c4ccc5c(c4)[Si](C)(C)c4ccccc4-5)ccc2n3-c2ccccc2)OC1(C)C. The van der Waals surface area contributed by atoms with Gasteiger partial charge >= 0.3 is 7.12 Å². The highest BCUT2D eigenvalue weighted by molar-refractivity contribution is 7.03. The molecule has 0 saturated carbocycles. The Labute approximate surface area is 255 Å². The van der Waals surface area contributed by atoms with E-state index >= 15 is 0 Å². The van der Waals surface area contributed by atoms with E-state index in [0.29, 0.717) is 0 Å². The van der Waals surface area contributed by atoms with Gasteiger partial charge < -0.3 is 13.9 Å². The van der Waals surface area contributed by atoms with Gasteiger partial charge in [0.1, 0.15) is 8.07 Å². The van der Waals surface area contributed by atoms with Crippen molar-refractivity contribution in [2.24, 2.45) is 0 Å². The van der Waals surface area contributed by atoms with Gasteiger partial charge in [-0.2, -0.15) is 0 Å². The second-order valence-corrected chi connectivity index (χ2v) is 18.0. The van der Waals surface area contributed by atoms with Crippen LogP contribution in [0.1, 0.15) is 27.7 Å². The smallest absolute Gasteiger partial charge is 0.399 e. The lowest BCUT2D eigenvalue weighted by atomic mass is 9.78. The van der Waals surface area contributed by atoms with Gasteiger partial charge in [-0.25, -0.2) is 0 Å². The van der Waals surface area contributed by atoms with Crippen LogP contribution in [0.4, 0.5) is 0 Å². The molecule has 0 amide bonds. The van der Waals surface area contributed by atoms with Gasteiger partial charge in [-0.3, -0.25) is 0 Å². The van der Waals surface area contributed by atoms with Crippen LogP contribution in [0.2, 0.25) is 13.1 Å². The Morgan fingerprint density at radius 1 is 0.581 bits per heavy atom. The van der Waals surface area contributed by atoms with Crippen LogP contribution in [0.15, 0.2) is 109 Å². The van der Waals surface area contributed by atoms with Gasteiger partial charge in [0.05, 0.1) is 22.2 Å². The van der Waals surface area contributed by atoms with Crippen LogP contribution in [-0.2, 0) is 9.31 Å². The zero-order valence-electron chi connectivity index (χ0n) is 25.7. The van der Waals surface area contributed by atoms with Gasteiger partial charge in [-0.15, -0.1) is 0 Å². The minimum Gasteiger partial charge on any atom is -0.399 e. The van der Waals surface area contributed by atoms with E-state index < -0.39 is 15.2 Å². The van der Waals surface area contributed by atoms with Crippen molar-refractivity contribution in [3.8, 4) is 27.9 Å². The first-order valence-corrected chi connectivity index (χ1v) is 18.3. The van der Waals surface area contributed by atoms with E-state index in [0.717, 1.165) is 11.2 Å². The largest absolute Gasteiger partial charge is 0.494 e. The normalized spacial score (nSPS) is 17.9. The third-order valence-electron chi connectivity index (χ3n) is 10.2. The zero-order valence-corrected chi connectivity index (χ0v) is 26.7. The van der Waals surface area contributed by atoms with Crippen molar-refractivity contribution in [3.05, 3.63) is 109 Å². The van der Waals surface area contributed by atoms with Gasteiger partial charge in [-0.1, -0.05) is 92.0 Å². The van der Waals surface area contributed by atoms with Crippen molar-refractivity contribution in [1.82, 2.24) is 4.57 Å². The molecule has 3 nitrogen and oxygen atoms in total. The first-order chi connectivity index (χ1) is 20.5. The van der Waals surface area contributed by atoms with Gasteiger partial charge in [0.15, 0.2) is 0 Å². The Morgan fingerprint density at radius 3 is 1.91 bits per heavy atom. The summed E-state index contributed by atoms with van der Waals surface area (Å²) in [6.07, 6.45) is 0. The lowest BCUT2D eigenvalue weighted by Crippen LogP contribution is -2.49. The lowest BCUT2D eigenvalue weighted by Gasteiger charge is -2.32. The van der Waals surface area contributed by atoms with Gasteiger partial charge in [0.25, 0.3) is 0 Å². The second-order valence-electron chi connectivity index (χ2n) is 13.7. The molecule has 5 heteroatoms. The average Bonchev–Trinajstić information content (AvgIpc) is 3.53. The summed E-state index contributed by atoms with van der Waals surface area (Å²) in [5, 5.41) is 5.51. The predicted octanol–water partition coefficient (Wildman–Crippen LogP) is 7.55. The van der Waals surface area contributed by atoms with E-state index in [1.54, 1.807) is 5.19 Å². The quantitative estimate of drug-likeness (QED) is 0.203. The van der Waals surface area contributed by atoms with Crippen molar-refractivity contribution >= 4 is 52.8 Å². The molecular formula is C38H36BNO2Si. The summed E-state index contributed by atoms with van der Waals surface area (Å²) >= 11 is 0. The molecule has 2 aliphatic heterocycles. The summed E-state index contributed by atoms with van der Waals surface area (Å²) in [5.41, 5.74) is 9.14. The number of hydrogen-bond donors (Lipinski definition) is 0. The maximum Gasteiger partial charge on any atom is 0.494 e. The first kappa shape index (κ1) is 26.7. The number of rotatable bonds is 3. The third kappa shape index (κ3) is 3.88. The van der Waals surface area contributed by atoms with Crippen LogP contribution in [0.5, 0.6) is 0 Å². The third-order valence-corrected chi connectivity index (χ3v) is 13.8. The number of hydrogen-bond acceptors (Lipinski definition) is 2. The van der Waals surface area contributed by atoms with E-state index in [2.05, 4.69) is 155 Å². The second kappa shape index (κ2) is 9.06. The predicted molar refractivity (Wildman–Crippen MR) is 184 cm³/mol. The summed E-state index contributed by atoms with van der Waals surface area (Å²) in [6.45, 7) is 13.4. The van der Waals surface area contributed by atoms with E-state index in [1.807, 2.05) is 0 Å². The molecule has 0 radical (unpaired) electrons. The molecule has 0 N–H and O–H groups in total. The molecule has 8 rings (SSSR count). The lowest BCUT2D eigenvalue weighted by molar-refractivity contribution is 0.00578. The number of aromatic nitrogens is 1. The summed E-state index contributed by atoms with van der Waals surface area (Å²) in [4.78, 5) is 0. The first-order valence-electron chi connectivity index (χ1n) is 15.3. The number of para-hydroxylation sites is 1. The van der Waals surface area contributed by atoms with Crippen molar-refractivity contribution in [3.63, 3.8) is 0 Å². The standard InChI is InChI=1S/C38H36BNO2Si/c1-37(2)38(3,4)42-39(41-37)27-18-21-34-32(24-27)31-22-25(17-20-33(31)40(34)28-12-8-7-9-13-28)26-16-19-30-29-14-10-11-15-35(29)43(5,6)36(30)23-26/h7-24H,1-6H3. The summed E-state index contributed by atoms with van der Waals surface area (Å²) in [5.74, 6) is 0. The molecule has 1 saturated heterocycles. The fourth-order valence-corrected chi connectivity index (χ4v) is 10.2. The van der Waals surface area contributed by atoms with Crippen LogP contribution >= 0.6 is 0 Å². The molecule has 0 atom stereocenters. The molecule has 0 bridgehead atoms. The van der Waals surface area contributed by atoms with Gasteiger partial charge in [-0.05, 0) is 96.1 Å². The Balaban J connectivity index is 1.31. The Kier molecular flexibility index (Phi) is 5.63. The molecule has 1 aromatic heterocycles. The van der Waals surface area contributed by atoms with Crippen LogP contribution in [-0.4, -0.2) is 31.0 Å². The highest BCUT2D eigenvalue weighted by Crippen LogP contribution is 2.39. The van der Waals surface area contributed by atoms with E-state index in [1.165, 1.54) is 49.2 Å². The van der Waals surface area contributed by atoms with Crippen LogP contribution in [0.3, 0.4) is 0 Å². The topological polar surface area (TPSA) is 23.4 Å². The fraction of sp³-hybridized carbons (Fsp3) is 0.211. The van der Waals surface area contributed by atoms with Crippen molar-refractivity contribution in [2.75, 3.05) is 0 Å². The van der Waals surface area contributed by atoms with Gasteiger partial charge in [0.2, 0.25) is 0 Å². The number of benzene rings is 5. The molecule has 6 aromatic rings. The zero-order chi connectivity index (χ0) is 29.7. The molecule has 0 unspecified atom stereocenters. The molecule has 5 aromatic carbocycles. The van der Waals surface area contributed by atoms with E-state index in [4.69, 9.17) is 9.31 Å². The molecule has 43 heavy (non-hydrogen) atoms. The molecule has 212 valence electrons. The van der Waals surface area contributed by atoms with Crippen molar-refractivity contribution in [2.45, 2.75) is 52.0 Å². The fourth-order valence-electron chi connectivity index (χ4n) is 7.09. The number of nitrogens with zero attached hydrogens (tertiary/aromatic N) is 1. The van der Waals surface area contributed by atoms with E-state index in [-0.39, 0.29) is 11.2 Å². The average molecular weight is 578 g/mol. The monoisotopic (exact) mass is 577 g/mol. The Hall–Kier alpha value is -3.90. The highest BCUT2D eigenvalue weighted by Gasteiger charge is 2.51. The molecular weight excluding hydrogens is 541 g/mol. The maximum absolute atomic E-state index is 6.46. The highest BCUT2D eigenvalue weighted by atomic mass is 28.3. The van der Waals surface area contributed by atoms with Crippen LogP contribution in [0, 0.1) is 0 Å². The minimum absolute atomic E-state index is 0.387. The molecule has 0 spiro atoms. The Morgan fingerprint density at radius 2 is 1.16 bits per heavy atom. The summed E-state index contributed by atoms with van der Waals surface area (Å²) in [6, 6.07) is 40.4. The molecule has 0 aliphatic carbocycles. The summed E-state index contributed by atoms with van der Waals surface area (Å²) in [7, 11) is -2.17. The summed E-state index contributed by atoms with van der Waals surface area (Å²) < 4.78 is 15.3. The molecule has 1 fully saturated rings. The van der Waals surface area contributed by atoms with Crippen LogP contribution < -0.4 is 15.8 Å². The van der Waals surface area contributed by atoms with Crippen molar-refractivity contribution < 1.29 is 9.31 Å². The van der Waals surface area contributed by atoms with Crippen LogP contribution in [0.25, 0.3) is 49.7 Å². The Bertz CT molecular complexity index is 2060. The van der Waals surface area contributed by atoms with E-state index in [9.17, 15) is 0 Å². The van der Waals surface area contributed by atoms with Gasteiger partial charge in [0, 0.05) is 16.5 Å².